The second kappa shape index (κ2) is 4.28. The molecule has 1 aromatic heterocycles. The molecule has 3 rings (SSSR count). The van der Waals surface area contributed by atoms with E-state index in [2.05, 4.69) is 20.2 Å². The molecule has 1 N–H and O–H groups in total. The van der Waals surface area contributed by atoms with Crippen molar-refractivity contribution in [1.29, 1.82) is 0 Å². The van der Waals surface area contributed by atoms with Crippen LogP contribution in [0.4, 0.5) is 11.8 Å². The van der Waals surface area contributed by atoms with Crippen molar-refractivity contribution in [1.82, 2.24) is 9.97 Å². The predicted molar refractivity (Wildman–Crippen MR) is 64.7 cm³/mol. The summed E-state index contributed by atoms with van der Waals surface area (Å²) >= 11 is 0. The summed E-state index contributed by atoms with van der Waals surface area (Å²) in [5.41, 5.74) is 0. The molecule has 4 nitrogen and oxygen atoms in total. The Labute approximate surface area is 96.1 Å². The van der Waals surface area contributed by atoms with E-state index >= 15 is 0 Å². The highest BCUT2D eigenvalue weighted by atomic mass is 15.2. The van der Waals surface area contributed by atoms with Crippen LogP contribution in [0.25, 0.3) is 0 Å². The van der Waals surface area contributed by atoms with Gasteiger partial charge >= 0.3 is 0 Å². The lowest BCUT2D eigenvalue weighted by Gasteiger charge is -2.26. The maximum absolute atomic E-state index is 4.58. The molecule has 1 aliphatic heterocycles. The minimum Gasteiger partial charge on any atom is -0.356 e. The lowest BCUT2D eigenvalue weighted by molar-refractivity contribution is 0.443. The third-order valence-electron chi connectivity index (χ3n) is 3.51. The lowest BCUT2D eigenvalue weighted by Crippen LogP contribution is -2.28. The standard InChI is InChI=1S/C12H18N4/c1-2-9-16(8-1)11-6-7-13-12(15-11)14-10-4-3-5-10/h6-7,10H,1-5,8-9H2,(H,13,14,15). The van der Waals surface area contributed by atoms with Gasteiger partial charge in [0.2, 0.25) is 5.95 Å². The molecule has 1 aromatic rings. The topological polar surface area (TPSA) is 41.1 Å². The van der Waals surface area contributed by atoms with Crippen molar-refractivity contribution in [3.8, 4) is 0 Å². The van der Waals surface area contributed by atoms with Gasteiger partial charge in [-0.05, 0) is 38.2 Å². The van der Waals surface area contributed by atoms with Crippen LogP contribution < -0.4 is 10.2 Å². The van der Waals surface area contributed by atoms with Gasteiger partial charge in [0.15, 0.2) is 0 Å². The van der Waals surface area contributed by atoms with Gasteiger partial charge in [-0.1, -0.05) is 0 Å². The number of rotatable bonds is 3. The Kier molecular flexibility index (Phi) is 2.64. The molecule has 1 saturated heterocycles. The Bertz CT molecular complexity index is 356. The molecule has 0 bridgehead atoms. The fraction of sp³-hybridized carbons (Fsp3) is 0.667. The van der Waals surface area contributed by atoms with Gasteiger partial charge in [-0.3, -0.25) is 0 Å². The summed E-state index contributed by atoms with van der Waals surface area (Å²) in [6, 6.07) is 2.62. The third-order valence-corrected chi connectivity index (χ3v) is 3.51. The predicted octanol–water partition coefficient (Wildman–Crippen LogP) is 2.04. The van der Waals surface area contributed by atoms with Crippen LogP contribution in [0.1, 0.15) is 32.1 Å². The van der Waals surface area contributed by atoms with E-state index in [9.17, 15) is 0 Å². The number of hydrogen-bond donors (Lipinski definition) is 1. The molecule has 1 aliphatic carbocycles. The lowest BCUT2D eigenvalue weighted by atomic mass is 9.93. The Morgan fingerprint density at radius 1 is 1.19 bits per heavy atom. The highest BCUT2D eigenvalue weighted by Crippen LogP contribution is 2.23. The SMILES string of the molecule is c1cc(N2CCCC2)nc(NC2CCC2)n1. The van der Waals surface area contributed by atoms with E-state index < -0.39 is 0 Å². The first-order valence-electron chi connectivity index (χ1n) is 6.26. The van der Waals surface area contributed by atoms with Crippen LogP contribution in [0.5, 0.6) is 0 Å². The van der Waals surface area contributed by atoms with Gasteiger partial charge < -0.3 is 10.2 Å². The first-order valence-corrected chi connectivity index (χ1v) is 6.26. The van der Waals surface area contributed by atoms with Crippen molar-refractivity contribution in [2.75, 3.05) is 23.3 Å². The normalized spacial score (nSPS) is 20.9. The van der Waals surface area contributed by atoms with Crippen LogP contribution in [-0.4, -0.2) is 29.1 Å². The van der Waals surface area contributed by atoms with Gasteiger partial charge in [0.05, 0.1) is 0 Å². The minimum absolute atomic E-state index is 0.605. The van der Waals surface area contributed by atoms with Crippen molar-refractivity contribution in [3.05, 3.63) is 12.3 Å². The average Bonchev–Trinajstić information content (AvgIpc) is 2.77. The highest BCUT2D eigenvalue weighted by Gasteiger charge is 2.19. The molecular formula is C12H18N4. The molecule has 86 valence electrons. The fourth-order valence-corrected chi connectivity index (χ4v) is 2.28. The van der Waals surface area contributed by atoms with E-state index in [-0.39, 0.29) is 0 Å². The summed E-state index contributed by atoms with van der Waals surface area (Å²) in [6.45, 7) is 2.28. The van der Waals surface area contributed by atoms with Gasteiger partial charge in [0, 0.05) is 25.3 Å². The fourth-order valence-electron chi connectivity index (χ4n) is 2.28. The summed E-state index contributed by atoms with van der Waals surface area (Å²) in [4.78, 5) is 11.2. The van der Waals surface area contributed by atoms with Crippen molar-refractivity contribution in [2.24, 2.45) is 0 Å². The van der Waals surface area contributed by atoms with Crippen molar-refractivity contribution in [3.63, 3.8) is 0 Å². The maximum atomic E-state index is 4.58. The number of nitrogens with one attached hydrogen (secondary N) is 1. The van der Waals surface area contributed by atoms with Gasteiger partial charge in [-0.25, -0.2) is 4.98 Å². The Morgan fingerprint density at radius 3 is 2.69 bits per heavy atom. The van der Waals surface area contributed by atoms with E-state index in [1.807, 2.05) is 12.3 Å². The third kappa shape index (κ3) is 1.96. The zero-order valence-electron chi connectivity index (χ0n) is 9.52. The maximum Gasteiger partial charge on any atom is 0.224 e. The van der Waals surface area contributed by atoms with Crippen LogP contribution >= 0.6 is 0 Å². The first-order chi connectivity index (χ1) is 7.92. The molecule has 0 unspecified atom stereocenters. The highest BCUT2D eigenvalue weighted by molar-refractivity contribution is 5.43. The average molecular weight is 218 g/mol. The van der Waals surface area contributed by atoms with E-state index in [0.29, 0.717) is 6.04 Å². The summed E-state index contributed by atoms with van der Waals surface area (Å²) in [5.74, 6) is 1.88. The summed E-state index contributed by atoms with van der Waals surface area (Å²) in [5, 5.41) is 3.39. The quantitative estimate of drug-likeness (QED) is 0.843. The molecule has 0 radical (unpaired) electrons. The Hall–Kier alpha value is -1.32. The molecule has 2 heterocycles. The van der Waals surface area contributed by atoms with E-state index in [1.165, 1.54) is 32.1 Å². The largest absolute Gasteiger partial charge is 0.356 e. The van der Waals surface area contributed by atoms with Crippen LogP contribution in [-0.2, 0) is 0 Å². The number of anilines is 2. The van der Waals surface area contributed by atoms with Crippen molar-refractivity contribution < 1.29 is 0 Å². The minimum atomic E-state index is 0.605. The van der Waals surface area contributed by atoms with Crippen molar-refractivity contribution in [2.45, 2.75) is 38.1 Å². The summed E-state index contributed by atoms with van der Waals surface area (Å²) < 4.78 is 0. The zero-order chi connectivity index (χ0) is 10.8. The molecule has 16 heavy (non-hydrogen) atoms. The molecule has 0 atom stereocenters. The van der Waals surface area contributed by atoms with Crippen LogP contribution in [0.2, 0.25) is 0 Å². The van der Waals surface area contributed by atoms with Gasteiger partial charge in [0.25, 0.3) is 0 Å². The number of hydrogen-bond acceptors (Lipinski definition) is 4. The molecule has 4 heteroatoms. The van der Waals surface area contributed by atoms with Gasteiger partial charge in [-0.2, -0.15) is 4.98 Å². The van der Waals surface area contributed by atoms with E-state index in [0.717, 1.165) is 24.9 Å². The zero-order valence-corrected chi connectivity index (χ0v) is 9.52. The molecular weight excluding hydrogens is 200 g/mol. The van der Waals surface area contributed by atoms with Crippen LogP contribution in [0.15, 0.2) is 12.3 Å². The molecule has 0 spiro atoms. The van der Waals surface area contributed by atoms with Gasteiger partial charge in [-0.15, -0.1) is 0 Å². The van der Waals surface area contributed by atoms with Crippen LogP contribution in [0.3, 0.4) is 0 Å². The molecule has 0 aromatic carbocycles. The van der Waals surface area contributed by atoms with E-state index in [4.69, 9.17) is 0 Å². The number of aromatic nitrogens is 2. The van der Waals surface area contributed by atoms with Crippen LogP contribution in [0, 0.1) is 0 Å². The number of nitrogens with zero attached hydrogens (tertiary/aromatic N) is 3. The molecule has 2 fully saturated rings. The van der Waals surface area contributed by atoms with E-state index in [1.54, 1.807) is 0 Å². The smallest absolute Gasteiger partial charge is 0.224 e. The molecule has 0 amide bonds. The first kappa shape index (κ1) is 9.87. The second-order valence-electron chi connectivity index (χ2n) is 4.70. The van der Waals surface area contributed by atoms with Crippen molar-refractivity contribution >= 4 is 11.8 Å². The Balaban J connectivity index is 1.70. The summed E-state index contributed by atoms with van der Waals surface area (Å²) in [6.07, 6.45) is 8.30. The summed E-state index contributed by atoms with van der Waals surface area (Å²) in [7, 11) is 0. The molecule has 2 aliphatic rings. The second-order valence-corrected chi connectivity index (χ2v) is 4.70. The Morgan fingerprint density at radius 2 is 2.00 bits per heavy atom. The van der Waals surface area contributed by atoms with Gasteiger partial charge in [0.1, 0.15) is 5.82 Å². The molecule has 1 saturated carbocycles. The monoisotopic (exact) mass is 218 g/mol.